The summed E-state index contributed by atoms with van der Waals surface area (Å²) in [5.41, 5.74) is 6.03. The summed E-state index contributed by atoms with van der Waals surface area (Å²) in [6.07, 6.45) is 0. The number of aryl methyl sites for hydroxylation is 1. The van der Waals surface area contributed by atoms with Crippen molar-refractivity contribution in [3.63, 3.8) is 0 Å². The number of carbonyl (C=O) groups excluding carboxylic acids is 1. The summed E-state index contributed by atoms with van der Waals surface area (Å²) in [4.78, 5) is 24.2. The summed E-state index contributed by atoms with van der Waals surface area (Å²) < 4.78 is 29.7. The normalized spacial score (nSPS) is 23.6. The molecule has 1 unspecified atom stereocenters. The maximum absolute atomic E-state index is 12.3. The minimum absolute atomic E-state index is 0.00509. The molecule has 2 heterocycles. The number of amides is 1. The number of carboxylic acids is 1. The average Bonchev–Trinajstić information content (AvgIpc) is 2.53. The van der Waals surface area contributed by atoms with E-state index in [4.69, 9.17) is 9.92 Å². The fourth-order valence-electron chi connectivity index (χ4n) is 2.44. The molecule has 128 valence electrons. The molecule has 1 fully saturated rings. The Hall–Kier alpha value is -2.04. The summed E-state index contributed by atoms with van der Waals surface area (Å²) in [5, 5.41) is 8.85. The number of thioether (sulfide) groups is 1. The van der Waals surface area contributed by atoms with E-state index < -0.39 is 39.1 Å². The Morgan fingerprint density at radius 2 is 2.00 bits per heavy atom. The predicted octanol–water partition coefficient (Wildman–Crippen LogP) is 0.239. The molecule has 0 spiro atoms. The van der Waals surface area contributed by atoms with Crippen molar-refractivity contribution < 1.29 is 27.3 Å². The lowest BCUT2D eigenvalue weighted by atomic mass is 10.1. The smallest absolute Gasteiger partial charge is 0.356 e. The van der Waals surface area contributed by atoms with Crippen LogP contribution in [-0.4, -0.2) is 47.5 Å². The van der Waals surface area contributed by atoms with E-state index in [9.17, 15) is 23.1 Å². The van der Waals surface area contributed by atoms with Crippen LogP contribution in [0, 0.1) is 6.92 Å². The molecule has 0 aromatic heterocycles. The molecule has 2 aliphatic rings. The molecule has 1 aromatic rings. The minimum Gasteiger partial charge on any atom is -0.476 e. The van der Waals surface area contributed by atoms with E-state index >= 15 is 0 Å². The van der Waals surface area contributed by atoms with Crippen molar-refractivity contribution in [1.29, 1.82) is 0 Å². The molecule has 1 aromatic carbocycles. The largest absolute Gasteiger partial charge is 0.476 e. The second kappa shape index (κ2) is 5.80. The second-order valence-electron chi connectivity index (χ2n) is 5.36. The van der Waals surface area contributed by atoms with Gasteiger partial charge in [-0.25, -0.2) is 4.79 Å². The van der Waals surface area contributed by atoms with Crippen molar-refractivity contribution in [2.75, 3.05) is 5.75 Å². The van der Waals surface area contributed by atoms with Crippen LogP contribution in [0.5, 0.6) is 0 Å². The lowest BCUT2D eigenvalue weighted by molar-refractivity contribution is -0.148. The van der Waals surface area contributed by atoms with Crippen LogP contribution in [0.1, 0.15) is 5.56 Å². The number of hydrogen-bond acceptors (Lipinski definition) is 7. The fraction of sp³-hybridized carbons (Fsp3) is 0.286. The molecule has 1 amide bonds. The van der Waals surface area contributed by atoms with Crippen molar-refractivity contribution in [3.05, 3.63) is 41.3 Å². The summed E-state index contributed by atoms with van der Waals surface area (Å²) in [6, 6.07) is 5.16. The molecule has 0 saturated carbocycles. The van der Waals surface area contributed by atoms with Gasteiger partial charge in [0.1, 0.15) is 16.3 Å². The molecular formula is C14H14N2O6S2. The zero-order valence-electron chi connectivity index (χ0n) is 12.5. The highest BCUT2D eigenvalue weighted by Gasteiger charge is 2.53. The van der Waals surface area contributed by atoms with Crippen LogP contribution >= 0.6 is 11.8 Å². The Kier molecular flexibility index (Phi) is 4.06. The summed E-state index contributed by atoms with van der Waals surface area (Å²) in [7, 11) is -4.19. The highest BCUT2D eigenvalue weighted by molar-refractivity contribution is 8.00. The lowest BCUT2D eigenvalue weighted by Crippen LogP contribution is -2.68. The van der Waals surface area contributed by atoms with Gasteiger partial charge >= 0.3 is 16.1 Å². The number of rotatable bonds is 4. The number of aliphatic carboxylic acids is 1. The third-order valence-corrected chi connectivity index (χ3v) is 6.24. The van der Waals surface area contributed by atoms with Crippen molar-refractivity contribution in [3.8, 4) is 0 Å². The molecule has 0 radical (unpaired) electrons. The van der Waals surface area contributed by atoms with Gasteiger partial charge < -0.3 is 15.0 Å². The van der Waals surface area contributed by atoms with Crippen LogP contribution in [0.2, 0.25) is 0 Å². The molecule has 10 heteroatoms. The molecule has 2 atom stereocenters. The van der Waals surface area contributed by atoms with Crippen molar-refractivity contribution in [2.24, 2.45) is 5.73 Å². The Morgan fingerprint density at radius 3 is 2.58 bits per heavy atom. The minimum atomic E-state index is -4.19. The van der Waals surface area contributed by atoms with Crippen molar-refractivity contribution in [1.82, 2.24) is 4.90 Å². The van der Waals surface area contributed by atoms with Gasteiger partial charge in [-0.15, -0.1) is 11.8 Å². The van der Waals surface area contributed by atoms with E-state index in [1.54, 1.807) is 19.1 Å². The first-order valence-corrected chi connectivity index (χ1v) is 9.36. The Labute approximate surface area is 142 Å². The average molecular weight is 370 g/mol. The van der Waals surface area contributed by atoms with Gasteiger partial charge in [-0.05, 0) is 19.1 Å². The predicted molar refractivity (Wildman–Crippen MR) is 85.2 cm³/mol. The summed E-state index contributed by atoms with van der Waals surface area (Å²) in [6.45, 7) is 1.80. The highest BCUT2D eigenvalue weighted by atomic mass is 32.2. The maximum Gasteiger partial charge on any atom is 0.356 e. The number of hydrogen-bond donors (Lipinski definition) is 2. The van der Waals surface area contributed by atoms with Gasteiger partial charge in [-0.1, -0.05) is 17.7 Å². The Morgan fingerprint density at radius 1 is 1.38 bits per heavy atom. The molecule has 3 N–H and O–H groups in total. The van der Waals surface area contributed by atoms with Gasteiger partial charge in [0.25, 0.3) is 0 Å². The van der Waals surface area contributed by atoms with Crippen molar-refractivity contribution >= 4 is 33.8 Å². The number of benzene rings is 1. The third-order valence-electron chi connectivity index (χ3n) is 3.70. The van der Waals surface area contributed by atoms with Gasteiger partial charge in [-0.3, -0.25) is 9.69 Å². The van der Waals surface area contributed by atoms with Crippen LogP contribution in [0.15, 0.2) is 40.6 Å². The molecule has 3 rings (SSSR count). The fourth-order valence-corrected chi connectivity index (χ4v) is 4.68. The van der Waals surface area contributed by atoms with Crippen molar-refractivity contribution in [2.45, 2.75) is 23.2 Å². The Bertz CT molecular complexity index is 847. The van der Waals surface area contributed by atoms with Crippen LogP contribution in [0.4, 0.5) is 0 Å². The van der Waals surface area contributed by atoms with E-state index in [-0.39, 0.29) is 16.4 Å². The lowest BCUT2D eigenvalue weighted by Gasteiger charge is -2.47. The Balaban J connectivity index is 1.96. The number of carbonyl (C=O) groups is 2. The third kappa shape index (κ3) is 2.66. The SMILES string of the molecule is Cc1ccc(S(=O)(=O)OC2=C(C(=O)O)N3C(=O)C(N)[C@H]3SC2)cc1. The quantitative estimate of drug-likeness (QED) is 0.570. The molecule has 1 saturated heterocycles. The monoisotopic (exact) mass is 370 g/mol. The van der Waals surface area contributed by atoms with Gasteiger partial charge in [0.15, 0.2) is 11.5 Å². The summed E-state index contributed by atoms with van der Waals surface area (Å²) >= 11 is 1.16. The molecule has 24 heavy (non-hydrogen) atoms. The first-order valence-electron chi connectivity index (χ1n) is 6.90. The molecule has 2 aliphatic heterocycles. The number of carboxylic acid groups (broad SMARTS) is 1. The zero-order chi connectivity index (χ0) is 17.6. The van der Waals surface area contributed by atoms with Crippen LogP contribution in [-0.2, 0) is 23.9 Å². The zero-order valence-corrected chi connectivity index (χ0v) is 14.1. The van der Waals surface area contributed by atoms with Crippen LogP contribution < -0.4 is 5.73 Å². The van der Waals surface area contributed by atoms with E-state index in [1.165, 1.54) is 12.1 Å². The number of nitrogens with two attached hydrogens (primary N) is 1. The van der Waals surface area contributed by atoms with Gasteiger partial charge in [0.2, 0.25) is 5.91 Å². The molecule has 0 aliphatic carbocycles. The van der Waals surface area contributed by atoms with Gasteiger partial charge in [0.05, 0.1) is 5.75 Å². The first kappa shape index (κ1) is 16.8. The van der Waals surface area contributed by atoms with Gasteiger partial charge in [-0.2, -0.15) is 8.42 Å². The molecule has 8 nitrogen and oxygen atoms in total. The first-order chi connectivity index (χ1) is 11.2. The van der Waals surface area contributed by atoms with E-state index in [0.29, 0.717) is 0 Å². The second-order valence-corrected chi connectivity index (χ2v) is 8.01. The topological polar surface area (TPSA) is 127 Å². The van der Waals surface area contributed by atoms with Gasteiger partial charge in [0, 0.05) is 0 Å². The maximum atomic E-state index is 12.3. The van der Waals surface area contributed by atoms with Crippen LogP contribution in [0.3, 0.4) is 0 Å². The summed E-state index contributed by atoms with van der Waals surface area (Å²) in [5.74, 6) is -2.30. The standard InChI is InChI=1S/C14H14N2O6S2/c1-7-2-4-8(5-3-7)24(20,21)22-9-6-23-13-10(15)12(17)16(13)11(9)14(18)19/h2-5,10,13H,6,15H2,1H3,(H,18,19)/t10?,13-/m1/s1. The number of fused-ring (bicyclic) bond motifs is 1. The molecule has 0 bridgehead atoms. The van der Waals surface area contributed by atoms with E-state index in [2.05, 4.69) is 0 Å². The van der Waals surface area contributed by atoms with Crippen LogP contribution in [0.25, 0.3) is 0 Å². The highest BCUT2D eigenvalue weighted by Crippen LogP contribution is 2.40. The van der Waals surface area contributed by atoms with E-state index in [1.807, 2.05) is 0 Å². The molecular weight excluding hydrogens is 356 g/mol. The van der Waals surface area contributed by atoms with E-state index in [0.717, 1.165) is 22.2 Å². The number of nitrogens with zero attached hydrogens (tertiary/aromatic N) is 1. The number of β-lactam (4-membered cyclic amide) rings is 1.